The summed E-state index contributed by atoms with van der Waals surface area (Å²) in [6.45, 7) is 0.0273. The first-order chi connectivity index (χ1) is 7.66. The van der Waals surface area contributed by atoms with Crippen LogP contribution < -0.4 is 0 Å². The van der Waals surface area contributed by atoms with Crippen molar-refractivity contribution in [1.82, 2.24) is 4.98 Å². The van der Waals surface area contributed by atoms with Gasteiger partial charge >= 0.3 is 0 Å². The fourth-order valence-corrected chi connectivity index (χ4v) is 10.9. The molecule has 1 heterocycles. The molecule has 0 radical (unpaired) electrons. The van der Waals surface area contributed by atoms with Crippen molar-refractivity contribution in [2.24, 2.45) is 0 Å². The van der Waals surface area contributed by atoms with Gasteiger partial charge in [-0.25, -0.2) is 20.1 Å². The number of aliphatic hydroxyl groups excluding tert-OH is 1. The largest absolute Gasteiger partial charge is 0.390 e. The Labute approximate surface area is 108 Å². The van der Waals surface area contributed by atoms with Gasteiger partial charge in [-0.05, 0) is 49.7 Å². The maximum atomic E-state index is 9.20. The predicted molar refractivity (Wildman–Crippen MR) is 83.6 cm³/mol. The molecule has 0 atom stereocenters. The molecule has 0 spiro atoms. The topological polar surface area (TPSA) is 33.1 Å². The van der Waals surface area contributed by atoms with Gasteiger partial charge in [-0.2, -0.15) is 0 Å². The zero-order valence-electron chi connectivity index (χ0n) is 11.7. The average Bonchev–Trinajstić information content (AvgIpc) is 2.13. The van der Waals surface area contributed by atoms with E-state index in [1.807, 2.05) is 12.1 Å². The highest BCUT2D eigenvalue weighted by Crippen LogP contribution is 2.68. The molecule has 0 aromatic carbocycles. The third kappa shape index (κ3) is 3.90. The highest BCUT2D eigenvalue weighted by Gasteiger charge is 2.31. The Hall–Kier alpha value is -0.190. The Balaban J connectivity index is 3.23. The molecule has 17 heavy (non-hydrogen) atoms. The lowest BCUT2D eigenvalue weighted by Crippen LogP contribution is -2.16. The van der Waals surface area contributed by atoms with Crippen LogP contribution >= 0.6 is 20.1 Å². The number of rotatable bonds is 4. The minimum atomic E-state index is -0.708. The molecule has 0 fully saturated rings. The molecule has 4 heteroatoms. The zero-order chi connectivity index (χ0) is 13.3. The lowest BCUT2D eigenvalue weighted by molar-refractivity contribution is 0.276. The Bertz CT molecular complexity index is 366. The van der Waals surface area contributed by atoms with E-state index < -0.39 is 20.1 Å². The van der Waals surface area contributed by atoms with E-state index in [0.717, 1.165) is 11.4 Å². The first-order valence-corrected chi connectivity index (χ1v) is 11.4. The standard InChI is InChI=1S/C13H25NOS2/c1-16(2,3)13(17(4,5)6)12-9-7-8-11(10-15)14-12/h7-9,13,15H,10H2,1-6H3. The SMILES string of the molecule is CS(C)(C)C(c1cccc(CO)n1)S(C)(C)C. The van der Waals surface area contributed by atoms with E-state index >= 15 is 0 Å². The second-order valence-corrected chi connectivity index (χ2v) is 14.9. The molecule has 0 saturated carbocycles. The Kier molecular flexibility index (Phi) is 4.55. The van der Waals surface area contributed by atoms with Crippen LogP contribution in [0.25, 0.3) is 0 Å². The van der Waals surface area contributed by atoms with Gasteiger partial charge in [0, 0.05) is 0 Å². The van der Waals surface area contributed by atoms with Gasteiger partial charge in [0.15, 0.2) is 0 Å². The molecule has 0 aliphatic rings. The average molecular weight is 275 g/mol. The monoisotopic (exact) mass is 275 g/mol. The lowest BCUT2D eigenvalue weighted by atomic mass is 10.3. The molecule has 0 aliphatic heterocycles. The quantitative estimate of drug-likeness (QED) is 0.916. The number of nitrogens with zero attached hydrogens (tertiary/aromatic N) is 1. The molecule has 1 aromatic heterocycles. The molecule has 1 N–H and O–H groups in total. The third-order valence-electron chi connectivity index (χ3n) is 2.52. The summed E-state index contributed by atoms with van der Waals surface area (Å²) in [6, 6.07) is 6.01. The maximum absolute atomic E-state index is 9.20. The van der Waals surface area contributed by atoms with Crippen molar-refractivity contribution < 1.29 is 5.11 Å². The summed E-state index contributed by atoms with van der Waals surface area (Å²) < 4.78 is 0.529. The van der Waals surface area contributed by atoms with Crippen LogP contribution in [0.15, 0.2) is 18.2 Å². The van der Waals surface area contributed by atoms with E-state index in [2.05, 4.69) is 48.6 Å². The van der Waals surface area contributed by atoms with Crippen LogP contribution in [0.4, 0.5) is 0 Å². The molecule has 2 nitrogen and oxygen atoms in total. The van der Waals surface area contributed by atoms with Crippen molar-refractivity contribution >= 4 is 20.1 Å². The summed E-state index contributed by atoms with van der Waals surface area (Å²) in [7, 11) is -1.42. The van der Waals surface area contributed by atoms with Gasteiger partial charge in [-0.15, -0.1) is 0 Å². The molecular weight excluding hydrogens is 250 g/mol. The maximum Gasteiger partial charge on any atom is 0.0853 e. The van der Waals surface area contributed by atoms with Crippen LogP contribution in [0.5, 0.6) is 0 Å². The minimum Gasteiger partial charge on any atom is -0.390 e. The molecule has 0 unspecified atom stereocenters. The molecule has 1 rings (SSSR count). The molecular formula is C13H25NOS2. The molecule has 0 bridgehead atoms. The van der Waals surface area contributed by atoms with Crippen molar-refractivity contribution in [2.45, 2.75) is 11.2 Å². The van der Waals surface area contributed by atoms with Crippen LogP contribution in [0, 0.1) is 0 Å². The lowest BCUT2D eigenvalue weighted by Gasteiger charge is -2.47. The highest BCUT2D eigenvalue weighted by atomic mass is 32.3. The van der Waals surface area contributed by atoms with Crippen molar-refractivity contribution in [3.8, 4) is 0 Å². The first-order valence-electron chi connectivity index (χ1n) is 5.57. The summed E-state index contributed by atoms with van der Waals surface area (Å²) >= 11 is 0. The first kappa shape index (κ1) is 14.9. The van der Waals surface area contributed by atoms with Crippen molar-refractivity contribution in [2.75, 3.05) is 37.5 Å². The smallest absolute Gasteiger partial charge is 0.0853 e. The van der Waals surface area contributed by atoms with Crippen molar-refractivity contribution in [1.29, 1.82) is 0 Å². The van der Waals surface area contributed by atoms with Gasteiger partial charge in [-0.1, -0.05) is 6.07 Å². The van der Waals surface area contributed by atoms with E-state index in [0.29, 0.717) is 4.58 Å². The molecule has 0 amide bonds. The summed E-state index contributed by atoms with van der Waals surface area (Å²) in [4.78, 5) is 4.62. The molecule has 100 valence electrons. The highest BCUT2D eigenvalue weighted by molar-refractivity contribution is 8.47. The fourth-order valence-electron chi connectivity index (χ4n) is 2.31. The van der Waals surface area contributed by atoms with Gasteiger partial charge in [0.25, 0.3) is 0 Å². The number of aliphatic hydroxyl groups is 1. The molecule has 1 aromatic rings. The summed E-state index contributed by atoms with van der Waals surface area (Å²) in [5.74, 6) is 0. The fraction of sp³-hybridized carbons (Fsp3) is 0.615. The van der Waals surface area contributed by atoms with E-state index in [4.69, 9.17) is 0 Å². The minimum absolute atomic E-state index is 0.0273. The van der Waals surface area contributed by atoms with E-state index in [1.54, 1.807) is 0 Å². The second kappa shape index (κ2) is 5.21. The number of hydrogen-bond donors (Lipinski definition) is 1. The zero-order valence-corrected chi connectivity index (χ0v) is 13.4. The van der Waals surface area contributed by atoms with Gasteiger partial charge in [0.1, 0.15) is 0 Å². The van der Waals surface area contributed by atoms with E-state index in [1.165, 1.54) is 0 Å². The van der Waals surface area contributed by atoms with Gasteiger partial charge in [0.2, 0.25) is 0 Å². The molecule has 0 saturated heterocycles. The molecule has 0 aliphatic carbocycles. The Morgan fingerprint density at radius 3 is 2.00 bits per heavy atom. The van der Waals surface area contributed by atoms with E-state index in [9.17, 15) is 5.11 Å². The van der Waals surface area contributed by atoms with Crippen LogP contribution in [-0.4, -0.2) is 47.6 Å². The van der Waals surface area contributed by atoms with Gasteiger partial charge in [0.05, 0.1) is 22.6 Å². The summed E-state index contributed by atoms with van der Waals surface area (Å²) in [5, 5.41) is 9.20. The number of aromatic nitrogens is 1. The van der Waals surface area contributed by atoms with E-state index in [-0.39, 0.29) is 6.61 Å². The van der Waals surface area contributed by atoms with Crippen molar-refractivity contribution in [3.05, 3.63) is 29.6 Å². The van der Waals surface area contributed by atoms with Crippen LogP contribution in [0.3, 0.4) is 0 Å². The van der Waals surface area contributed by atoms with Crippen LogP contribution in [-0.2, 0) is 6.61 Å². The normalized spacial score (nSPS) is 15.1. The van der Waals surface area contributed by atoms with Gasteiger partial charge in [-0.3, -0.25) is 4.98 Å². The van der Waals surface area contributed by atoms with Crippen LogP contribution in [0.1, 0.15) is 16.0 Å². The Morgan fingerprint density at radius 1 is 1.06 bits per heavy atom. The third-order valence-corrected chi connectivity index (χ3v) is 9.03. The summed E-state index contributed by atoms with van der Waals surface area (Å²) in [5.41, 5.74) is 1.93. The van der Waals surface area contributed by atoms with Crippen molar-refractivity contribution in [3.63, 3.8) is 0 Å². The predicted octanol–water partition coefficient (Wildman–Crippen LogP) is 2.96. The number of hydrogen-bond acceptors (Lipinski definition) is 2. The second-order valence-electron chi connectivity index (χ2n) is 5.91. The van der Waals surface area contributed by atoms with Crippen LogP contribution in [0.2, 0.25) is 0 Å². The Morgan fingerprint density at radius 2 is 1.59 bits per heavy atom. The summed E-state index contributed by atoms with van der Waals surface area (Å²) in [6.07, 6.45) is 14.1. The van der Waals surface area contributed by atoms with Gasteiger partial charge < -0.3 is 5.11 Å². The number of pyridine rings is 1.